The summed E-state index contributed by atoms with van der Waals surface area (Å²) in [5.41, 5.74) is 1.15. The average Bonchev–Trinajstić information content (AvgIpc) is 2.46. The van der Waals surface area contributed by atoms with Gasteiger partial charge in [0, 0.05) is 11.4 Å². The zero-order valence-corrected chi connectivity index (χ0v) is 6.89. The first-order chi connectivity index (χ1) is 5.40. The Morgan fingerprint density at radius 1 is 1.36 bits per heavy atom. The van der Waals surface area contributed by atoms with Gasteiger partial charge in [-0.1, -0.05) is 0 Å². The van der Waals surface area contributed by atoms with Gasteiger partial charge in [-0.3, -0.25) is 0 Å². The summed E-state index contributed by atoms with van der Waals surface area (Å²) in [4.78, 5) is 8.56. The second kappa shape index (κ2) is 2.59. The van der Waals surface area contributed by atoms with E-state index in [-0.39, 0.29) is 0 Å². The molecule has 0 saturated carbocycles. The van der Waals surface area contributed by atoms with Crippen LogP contribution in [-0.2, 0) is 12.8 Å². The van der Waals surface area contributed by atoms with Gasteiger partial charge in [-0.2, -0.15) is 0 Å². The van der Waals surface area contributed by atoms with Crippen LogP contribution >= 0.6 is 11.3 Å². The SMILES string of the molecule is N#[N+]c1nc2c(s1)CCCC2. The Morgan fingerprint density at radius 3 is 2.91 bits per heavy atom. The van der Waals surface area contributed by atoms with E-state index in [9.17, 15) is 0 Å². The van der Waals surface area contributed by atoms with Crippen molar-refractivity contribution < 1.29 is 0 Å². The summed E-state index contributed by atoms with van der Waals surface area (Å²) in [6.45, 7) is 0. The van der Waals surface area contributed by atoms with E-state index < -0.39 is 0 Å². The minimum atomic E-state index is 0.511. The van der Waals surface area contributed by atoms with Gasteiger partial charge in [-0.15, -0.1) is 0 Å². The van der Waals surface area contributed by atoms with Crippen LogP contribution in [0.3, 0.4) is 0 Å². The Hall–Kier alpha value is -0.950. The molecule has 0 aromatic carbocycles. The van der Waals surface area contributed by atoms with Crippen molar-refractivity contribution >= 4 is 16.5 Å². The van der Waals surface area contributed by atoms with E-state index in [1.807, 2.05) is 0 Å². The molecule has 0 radical (unpaired) electrons. The average molecular weight is 166 g/mol. The molecule has 0 N–H and O–H groups in total. The standard InChI is InChI=1S/C7H8N3S/c8-10-7-9-5-3-1-2-4-6(5)11-7/h1-4H2/q+1. The predicted molar refractivity (Wildman–Crippen MR) is 43.5 cm³/mol. The van der Waals surface area contributed by atoms with Gasteiger partial charge in [0.1, 0.15) is 0 Å². The van der Waals surface area contributed by atoms with Crippen molar-refractivity contribution in [3.05, 3.63) is 15.5 Å². The molecular weight excluding hydrogens is 158 g/mol. The predicted octanol–water partition coefficient (Wildman–Crippen LogP) is 2.51. The molecule has 56 valence electrons. The maximum absolute atomic E-state index is 8.46. The quantitative estimate of drug-likeness (QED) is 0.555. The number of nitrogens with zero attached hydrogens (tertiary/aromatic N) is 3. The van der Waals surface area contributed by atoms with Crippen LogP contribution in [0.2, 0.25) is 0 Å². The zero-order valence-electron chi connectivity index (χ0n) is 6.08. The first-order valence-corrected chi connectivity index (χ1v) is 4.55. The van der Waals surface area contributed by atoms with Gasteiger partial charge >= 0.3 is 5.13 Å². The molecule has 1 aromatic heterocycles. The van der Waals surface area contributed by atoms with Crippen molar-refractivity contribution in [2.24, 2.45) is 0 Å². The maximum Gasteiger partial charge on any atom is 0.523 e. The van der Waals surface area contributed by atoms with Crippen LogP contribution in [0.1, 0.15) is 23.4 Å². The van der Waals surface area contributed by atoms with E-state index in [4.69, 9.17) is 5.39 Å². The lowest BCUT2D eigenvalue weighted by Crippen LogP contribution is -1.98. The summed E-state index contributed by atoms with van der Waals surface area (Å²) in [6.07, 6.45) is 4.64. The Balaban J connectivity index is 2.42. The molecule has 1 aliphatic rings. The van der Waals surface area contributed by atoms with E-state index in [0.29, 0.717) is 5.13 Å². The van der Waals surface area contributed by atoms with Crippen LogP contribution < -0.4 is 0 Å². The van der Waals surface area contributed by atoms with Crippen LogP contribution in [0, 0.1) is 5.39 Å². The molecule has 4 heteroatoms. The Morgan fingerprint density at radius 2 is 2.18 bits per heavy atom. The highest BCUT2D eigenvalue weighted by molar-refractivity contribution is 7.15. The van der Waals surface area contributed by atoms with E-state index in [1.54, 1.807) is 0 Å². The lowest BCUT2D eigenvalue weighted by atomic mass is 10.0. The van der Waals surface area contributed by atoms with Gasteiger partial charge in [0.25, 0.3) is 0 Å². The fourth-order valence-corrected chi connectivity index (χ4v) is 2.31. The fourth-order valence-electron chi connectivity index (χ4n) is 1.38. The Kier molecular flexibility index (Phi) is 1.59. The topological polar surface area (TPSA) is 41.0 Å². The summed E-state index contributed by atoms with van der Waals surface area (Å²) >= 11 is 1.51. The van der Waals surface area contributed by atoms with E-state index in [0.717, 1.165) is 18.5 Å². The molecule has 0 atom stereocenters. The van der Waals surface area contributed by atoms with Gasteiger partial charge < -0.3 is 0 Å². The van der Waals surface area contributed by atoms with Gasteiger partial charge in [-0.25, -0.2) is 0 Å². The number of hydrogen-bond donors (Lipinski definition) is 0. The molecule has 1 aliphatic carbocycles. The number of thiazole rings is 1. The molecule has 0 bridgehead atoms. The van der Waals surface area contributed by atoms with Crippen molar-refractivity contribution in [1.82, 2.24) is 4.98 Å². The second-order valence-electron chi connectivity index (χ2n) is 2.67. The van der Waals surface area contributed by atoms with Crippen LogP contribution in [-0.4, -0.2) is 4.98 Å². The number of hydrogen-bond acceptors (Lipinski definition) is 3. The van der Waals surface area contributed by atoms with Crippen LogP contribution in [0.15, 0.2) is 0 Å². The van der Waals surface area contributed by atoms with Crippen LogP contribution in [0.4, 0.5) is 5.13 Å². The van der Waals surface area contributed by atoms with Gasteiger partial charge in [0.05, 0.1) is 10.3 Å². The van der Waals surface area contributed by atoms with E-state index in [2.05, 4.69) is 9.96 Å². The summed E-state index contributed by atoms with van der Waals surface area (Å²) in [6, 6.07) is 0. The van der Waals surface area contributed by atoms with E-state index >= 15 is 0 Å². The highest BCUT2D eigenvalue weighted by atomic mass is 32.1. The first-order valence-electron chi connectivity index (χ1n) is 3.74. The summed E-state index contributed by atoms with van der Waals surface area (Å²) < 4.78 is 0. The van der Waals surface area contributed by atoms with Crippen molar-refractivity contribution in [3.63, 3.8) is 0 Å². The molecule has 0 fully saturated rings. The molecule has 1 aromatic rings. The van der Waals surface area contributed by atoms with Crippen LogP contribution in [0.25, 0.3) is 4.98 Å². The summed E-state index contributed by atoms with van der Waals surface area (Å²) in [5.74, 6) is 0. The van der Waals surface area contributed by atoms with Crippen molar-refractivity contribution in [2.45, 2.75) is 25.7 Å². The van der Waals surface area contributed by atoms with Gasteiger partial charge in [-0.05, 0) is 35.6 Å². The summed E-state index contributed by atoms with van der Waals surface area (Å²) in [7, 11) is 0. The number of rotatable bonds is 0. The lowest BCUT2D eigenvalue weighted by molar-refractivity contribution is 0.683. The molecule has 2 rings (SSSR count). The fraction of sp³-hybridized carbons (Fsp3) is 0.571. The third kappa shape index (κ3) is 1.12. The van der Waals surface area contributed by atoms with Gasteiger partial charge in [0.15, 0.2) is 5.69 Å². The minimum Gasteiger partial charge on any atom is -0.0478 e. The highest BCUT2D eigenvalue weighted by Crippen LogP contribution is 2.30. The smallest absolute Gasteiger partial charge is 0.0478 e. The first kappa shape index (κ1) is 6.74. The molecule has 3 nitrogen and oxygen atoms in total. The normalized spacial score (nSPS) is 15.5. The third-order valence-corrected chi connectivity index (χ3v) is 2.96. The van der Waals surface area contributed by atoms with Crippen LogP contribution in [0.5, 0.6) is 0 Å². The third-order valence-electron chi connectivity index (χ3n) is 1.92. The maximum atomic E-state index is 8.46. The molecule has 0 saturated heterocycles. The van der Waals surface area contributed by atoms with Gasteiger partial charge in [0.2, 0.25) is 0 Å². The van der Waals surface area contributed by atoms with Crippen molar-refractivity contribution in [2.75, 3.05) is 0 Å². The molecule has 11 heavy (non-hydrogen) atoms. The van der Waals surface area contributed by atoms with Crippen molar-refractivity contribution in [3.8, 4) is 0 Å². The molecule has 0 aliphatic heterocycles. The molecular formula is C7H8N3S+. The summed E-state index contributed by atoms with van der Waals surface area (Å²) in [5, 5.41) is 8.97. The number of aryl methyl sites for hydroxylation is 2. The highest BCUT2D eigenvalue weighted by Gasteiger charge is 2.23. The molecule has 0 amide bonds. The minimum absolute atomic E-state index is 0.511. The number of fused-ring (bicyclic) bond motifs is 1. The molecule has 0 unspecified atom stereocenters. The second-order valence-corrected chi connectivity index (χ2v) is 3.74. The zero-order chi connectivity index (χ0) is 7.68. The largest absolute Gasteiger partial charge is 0.523 e. The Bertz CT molecular complexity index is 286. The monoisotopic (exact) mass is 166 g/mol. The van der Waals surface area contributed by atoms with Crippen molar-refractivity contribution in [1.29, 1.82) is 5.39 Å². The molecule has 1 heterocycles. The lowest BCUT2D eigenvalue weighted by Gasteiger charge is -2.03. The number of aromatic nitrogens is 1. The number of diazo groups is 1. The van der Waals surface area contributed by atoms with E-state index in [1.165, 1.54) is 29.1 Å². The Labute approximate surface area is 68.7 Å². The molecule has 0 spiro atoms.